The van der Waals surface area contributed by atoms with E-state index in [1.165, 1.54) is 0 Å². The number of rotatable bonds is 4. The van der Waals surface area contributed by atoms with E-state index >= 15 is 0 Å². The summed E-state index contributed by atoms with van der Waals surface area (Å²) < 4.78 is 11.7. The summed E-state index contributed by atoms with van der Waals surface area (Å²) in [5, 5.41) is 0.642. The molecule has 20 heavy (non-hydrogen) atoms. The molecule has 1 aromatic rings. The molecule has 110 valence electrons. The summed E-state index contributed by atoms with van der Waals surface area (Å²) in [5.41, 5.74) is 7.32. The van der Waals surface area contributed by atoms with E-state index in [4.69, 9.17) is 39.0 Å². The monoisotopic (exact) mass is 313 g/mol. The summed E-state index contributed by atoms with van der Waals surface area (Å²) in [7, 11) is 0. The molecule has 1 aliphatic heterocycles. The highest BCUT2D eigenvalue weighted by atomic mass is 35.5. The van der Waals surface area contributed by atoms with E-state index in [0.29, 0.717) is 16.6 Å². The zero-order valence-corrected chi connectivity index (χ0v) is 13.3. The van der Waals surface area contributed by atoms with E-state index in [1.807, 2.05) is 12.1 Å². The van der Waals surface area contributed by atoms with Gasteiger partial charge in [-0.05, 0) is 38.3 Å². The number of hydrogen-bond donors (Lipinski definition) is 1. The lowest BCUT2D eigenvalue weighted by molar-refractivity contribution is -0.106. The van der Waals surface area contributed by atoms with Gasteiger partial charge in [-0.15, -0.1) is 0 Å². The molecule has 0 aliphatic carbocycles. The fourth-order valence-corrected chi connectivity index (χ4v) is 2.87. The van der Waals surface area contributed by atoms with Crippen molar-refractivity contribution in [2.45, 2.75) is 51.6 Å². The molecule has 0 bridgehead atoms. The van der Waals surface area contributed by atoms with Crippen molar-refractivity contribution in [3.63, 3.8) is 0 Å². The average molecular weight is 314 g/mol. The number of halogens is 1. The van der Waals surface area contributed by atoms with Crippen LogP contribution in [0.25, 0.3) is 0 Å². The van der Waals surface area contributed by atoms with Crippen LogP contribution in [0.4, 0.5) is 0 Å². The lowest BCUT2D eigenvalue weighted by Gasteiger charge is -2.32. The quantitative estimate of drug-likeness (QED) is 0.865. The molecule has 0 aromatic heterocycles. The summed E-state index contributed by atoms with van der Waals surface area (Å²) in [4.78, 5) is 0.353. The molecular weight excluding hydrogens is 294 g/mol. The maximum Gasteiger partial charge on any atom is 0.104 e. The zero-order valence-electron chi connectivity index (χ0n) is 11.8. The Morgan fingerprint density at radius 1 is 1.40 bits per heavy atom. The maximum atomic E-state index is 6.23. The Labute approximate surface area is 130 Å². The van der Waals surface area contributed by atoms with Gasteiger partial charge in [0, 0.05) is 10.6 Å². The minimum atomic E-state index is 0.222. The molecule has 1 heterocycles. The van der Waals surface area contributed by atoms with E-state index in [0.717, 1.165) is 24.0 Å². The van der Waals surface area contributed by atoms with Crippen LogP contribution < -0.4 is 5.73 Å². The normalized spacial score (nSPS) is 26.4. The summed E-state index contributed by atoms with van der Waals surface area (Å²) in [6.45, 7) is 4.66. The second-order valence-corrected chi connectivity index (χ2v) is 6.18. The van der Waals surface area contributed by atoms with Crippen LogP contribution in [0.15, 0.2) is 18.2 Å². The van der Waals surface area contributed by atoms with Crippen molar-refractivity contribution in [2.24, 2.45) is 5.73 Å². The SMILES string of the molecule is CC1CC(OCc2ccc(C(N)=S)cc2Cl)CC(C)O1. The van der Waals surface area contributed by atoms with Crippen molar-refractivity contribution >= 4 is 28.8 Å². The van der Waals surface area contributed by atoms with Crippen molar-refractivity contribution in [3.8, 4) is 0 Å². The van der Waals surface area contributed by atoms with E-state index in [1.54, 1.807) is 6.07 Å². The predicted molar refractivity (Wildman–Crippen MR) is 85.2 cm³/mol. The Hall–Kier alpha value is -0.680. The molecular formula is C15H20ClNO2S. The van der Waals surface area contributed by atoms with Crippen molar-refractivity contribution in [3.05, 3.63) is 34.3 Å². The van der Waals surface area contributed by atoms with Gasteiger partial charge < -0.3 is 15.2 Å². The van der Waals surface area contributed by atoms with Gasteiger partial charge in [-0.1, -0.05) is 36.0 Å². The first-order valence-corrected chi connectivity index (χ1v) is 7.59. The number of hydrogen-bond acceptors (Lipinski definition) is 3. The van der Waals surface area contributed by atoms with Crippen LogP contribution >= 0.6 is 23.8 Å². The molecule has 1 saturated heterocycles. The molecule has 2 N–H and O–H groups in total. The lowest BCUT2D eigenvalue weighted by Crippen LogP contribution is -2.34. The van der Waals surface area contributed by atoms with Gasteiger partial charge in [-0.3, -0.25) is 0 Å². The van der Waals surface area contributed by atoms with E-state index in [-0.39, 0.29) is 18.3 Å². The topological polar surface area (TPSA) is 44.5 Å². The Morgan fingerprint density at radius 2 is 2.05 bits per heavy atom. The molecule has 1 aliphatic rings. The zero-order chi connectivity index (χ0) is 14.7. The fraction of sp³-hybridized carbons (Fsp3) is 0.533. The predicted octanol–water partition coefficient (Wildman–Crippen LogP) is 3.45. The molecule has 5 heteroatoms. The van der Waals surface area contributed by atoms with Crippen molar-refractivity contribution in [2.75, 3.05) is 0 Å². The van der Waals surface area contributed by atoms with Crippen LogP contribution in [0.5, 0.6) is 0 Å². The number of ether oxygens (including phenoxy) is 2. The maximum absolute atomic E-state index is 6.23. The summed E-state index contributed by atoms with van der Waals surface area (Å²) in [5.74, 6) is 0. The minimum Gasteiger partial charge on any atom is -0.389 e. The highest BCUT2D eigenvalue weighted by molar-refractivity contribution is 7.80. The molecule has 0 saturated carbocycles. The van der Waals surface area contributed by atoms with Crippen LogP contribution in [0.1, 0.15) is 37.8 Å². The van der Waals surface area contributed by atoms with Crippen molar-refractivity contribution in [1.82, 2.24) is 0 Å². The van der Waals surface area contributed by atoms with Gasteiger partial charge in [-0.2, -0.15) is 0 Å². The van der Waals surface area contributed by atoms with Gasteiger partial charge in [-0.25, -0.2) is 0 Å². The lowest BCUT2D eigenvalue weighted by atomic mass is 10.0. The third kappa shape index (κ3) is 4.16. The van der Waals surface area contributed by atoms with Gasteiger partial charge >= 0.3 is 0 Å². The highest BCUT2D eigenvalue weighted by Crippen LogP contribution is 2.24. The first-order valence-electron chi connectivity index (χ1n) is 6.81. The average Bonchev–Trinajstić information content (AvgIpc) is 2.36. The Bertz CT molecular complexity index is 485. The van der Waals surface area contributed by atoms with Crippen LogP contribution in [0.3, 0.4) is 0 Å². The molecule has 0 radical (unpaired) electrons. The molecule has 0 amide bonds. The van der Waals surface area contributed by atoms with E-state index < -0.39 is 0 Å². The summed E-state index contributed by atoms with van der Waals surface area (Å²) >= 11 is 11.2. The second kappa shape index (κ2) is 6.85. The van der Waals surface area contributed by atoms with Crippen LogP contribution in [0.2, 0.25) is 5.02 Å². The van der Waals surface area contributed by atoms with Gasteiger partial charge in [0.2, 0.25) is 0 Å². The van der Waals surface area contributed by atoms with Crippen LogP contribution in [-0.2, 0) is 16.1 Å². The van der Waals surface area contributed by atoms with E-state index in [2.05, 4.69) is 13.8 Å². The van der Waals surface area contributed by atoms with Crippen LogP contribution in [0, 0.1) is 0 Å². The fourth-order valence-electron chi connectivity index (χ4n) is 2.51. The molecule has 0 spiro atoms. The first kappa shape index (κ1) is 15.7. The summed E-state index contributed by atoms with van der Waals surface area (Å²) in [6, 6.07) is 5.59. The van der Waals surface area contributed by atoms with Gasteiger partial charge in [0.25, 0.3) is 0 Å². The third-order valence-electron chi connectivity index (χ3n) is 3.47. The van der Waals surface area contributed by atoms with Gasteiger partial charge in [0.1, 0.15) is 4.99 Å². The standard InChI is InChI=1S/C15H20ClNO2S/c1-9-5-13(6-10(2)19-9)18-8-12-4-3-11(15(17)20)7-14(12)16/h3-4,7,9-10,13H,5-6,8H2,1-2H3,(H2,17,20). The molecule has 1 fully saturated rings. The Kier molecular flexibility index (Phi) is 5.38. The first-order chi connectivity index (χ1) is 9.45. The number of nitrogens with two attached hydrogens (primary N) is 1. The minimum absolute atomic E-state index is 0.222. The molecule has 2 unspecified atom stereocenters. The molecule has 2 atom stereocenters. The molecule has 1 aromatic carbocycles. The Morgan fingerprint density at radius 3 is 2.60 bits per heavy atom. The van der Waals surface area contributed by atoms with Crippen molar-refractivity contribution in [1.29, 1.82) is 0 Å². The largest absolute Gasteiger partial charge is 0.389 e. The second-order valence-electron chi connectivity index (χ2n) is 5.33. The smallest absolute Gasteiger partial charge is 0.104 e. The third-order valence-corrected chi connectivity index (χ3v) is 4.05. The Balaban J connectivity index is 1.95. The summed E-state index contributed by atoms with van der Waals surface area (Å²) in [6.07, 6.45) is 2.56. The van der Waals surface area contributed by atoms with Crippen molar-refractivity contribution < 1.29 is 9.47 Å². The van der Waals surface area contributed by atoms with Gasteiger partial charge in [0.05, 0.1) is 24.9 Å². The molecule has 2 rings (SSSR count). The van der Waals surface area contributed by atoms with E-state index in [9.17, 15) is 0 Å². The van der Waals surface area contributed by atoms with Crippen LogP contribution in [-0.4, -0.2) is 23.3 Å². The molecule has 3 nitrogen and oxygen atoms in total. The number of thiocarbonyl (C=S) groups is 1. The highest BCUT2D eigenvalue weighted by Gasteiger charge is 2.25. The van der Waals surface area contributed by atoms with Gasteiger partial charge in [0.15, 0.2) is 0 Å². The number of benzene rings is 1.